The maximum absolute atomic E-state index is 14.1. The van der Waals surface area contributed by atoms with Crippen molar-refractivity contribution in [2.24, 2.45) is 0 Å². The molecule has 0 aliphatic rings. The molecule has 0 bridgehead atoms. The number of aromatic nitrogens is 2. The third-order valence-electron chi connectivity index (χ3n) is 2.77. The Morgan fingerprint density at radius 1 is 1.33 bits per heavy atom. The van der Waals surface area contributed by atoms with Crippen molar-refractivity contribution in [3.8, 4) is 11.4 Å². The van der Waals surface area contributed by atoms with Crippen LogP contribution < -0.4 is 0 Å². The third kappa shape index (κ3) is 3.65. The molecule has 1 heterocycles. The Balaban J connectivity index is 0.00000220. The predicted octanol–water partition coefficient (Wildman–Crippen LogP) is 3.36. The van der Waals surface area contributed by atoms with Crippen LogP contribution in [0.2, 0.25) is 5.02 Å². The molecule has 0 spiro atoms. The molecule has 0 saturated heterocycles. The molecule has 107 valence electrons. The molecule has 0 amide bonds. The third-order valence-corrected chi connectivity index (χ3v) is 3.22. The summed E-state index contributed by atoms with van der Waals surface area (Å²) >= 11 is 5.84. The molecule has 0 unspecified atom stereocenters. The van der Waals surface area contributed by atoms with Gasteiger partial charge in [0.15, 0.2) is 5.69 Å². The summed E-state index contributed by atoms with van der Waals surface area (Å²) < 4.78 is 14.1. The molecule has 1 aromatic heterocycles. The van der Waals surface area contributed by atoms with E-state index in [1.54, 1.807) is 20.8 Å². The van der Waals surface area contributed by atoms with E-state index >= 15 is 0 Å². The van der Waals surface area contributed by atoms with Crippen LogP contribution in [0.5, 0.6) is 0 Å². The van der Waals surface area contributed by atoms with E-state index in [2.05, 4.69) is 16.0 Å². The van der Waals surface area contributed by atoms with Crippen LogP contribution in [0.3, 0.4) is 0 Å². The zero-order valence-electron chi connectivity index (χ0n) is 11.7. The number of halogens is 2. The van der Waals surface area contributed by atoms with Crippen LogP contribution in [0.25, 0.3) is 11.4 Å². The van der Waals surface area contributed by atoms with Gasteiger partial charge in [-0.3, -0.25) is 4.39 Å². The van der Waals surface area contributed by atoms with Gasteiger partial charge in [0.05, 0.1) is 10.7 Å². The molecule has 21 heavy (non-hydrogen) atoms. The van der Waals surface area contributed by atoms with E-state index in [1.807, 2.05) is 0 Å². The van der Waals surface area contributed by atoms with E-state index in [0.29, 0.717) is 11.1 Å². The molecule has 0 fully saturated rings. The second-order valence-corrected chi connectivity index (χ2v) is 4.78. The van der Waals surface area contributed by atoms with Crippen molar-refractivity contribution < 1.29 is 47.0 Å². The fraction of sp³-hybridized carbons (Fsp3) is 0.214. The van der Waals surface area contributed by atoms with Gasteiger partial charge in [-0.25, -0.2) is 14.8 Å². The Bertz CT molecular complexity index is 723. The molecule has 0 aliphatic heterocycles. The summed E-state index contributed by atoms with van der Waals surface area (Å²) in [4.78, 5) is 19.0. The van der Waals surface area contributed by atoms with Gasteiger partial charge in [0.25, 0.3) is 0 Å². The van der Waals surface area contributed by atoms with Crippen molar-refractivity contribution in [2.45, 2.75) is 20.8 Å². The van der Waals surface area contributed by atoms with Crippen LogP contribution in [0.4, 0.5) is 4.39 Å². The number of hydrogen-bond acceptors (Lipinski definition) is 3. The topological polar surface area (TPSA) is 63.1 Å². The number of aryl methyl sites for hydroxylation is 3. The summed E-state index contributed by atoms with van der Waals surface area (Å²) in [6.45, 7) is 4.89. The van der Waals surface area contributed by atoms with Gasteiger partial charge in [0.2, 0.25) is 0 Å². The molecule has 0 aliphatic carbocycles. The number of carboxylic acid groups (broad SMARTS) is 1. The number of hydrogen-bond donors (Lipinski definition) is 1. The monoisotopic (exact) mass is 382 g/mol. The number of benzene rings is 1. The summed E-state index contributed by atoms with van der Waals surface area (Å²) in [5.41, 5.74) is 1.13. The molecular weight excluding hydrogens is 372 g/mol. The fourth-order valence-corrected chi connectivity index (χ4v) is 2.02. The molecule has 1 radical (unpaired) electrons. The molecule has 4 nitrogen and oxygen atoms in total. The van der Waals surface area contributed by atoms with E-state index in [1.165, 1.54) is 6.07 Å². The molecule has 0 saturated carbocycles. The Morgan fingerprint density at radius 3 is 2.52 bits per heavy atom. The Hall–Kier alpha value is -0.906. The predicted molar refractivity (Wildman–Crippen MR) is 72.4 cm³/mol. The SMILES string of the molecule is Cc1[c-]c(C)c(F)c(-c2nc(C)c(Cl)c(C(=O)O)n2)c1.[Y]. The van der Waals surface area contributed by atoms with Gasteiger partial charge < -0.3 is 5.11 Å². The Labute approximate surface area is 151 Å². The smallest absolute Gasteiger partial charge is 0.356 e. The molecule has 1 N–H and O–H groups in total. The molecule has 2 aromatic rings. The minimum atomic E-state index is -1.28. The molecule has 0 atom stereocenters. The fourth-order valence-electron chi connectivity index (χ4n) is 1.85. The normalized spacial score (nSPS) is 10.1. The van der Waals surface area contributed by atoms with Crippen molar-refractivity contribution in [3.05, 3.63) is 45.5 Å². The molecule has 1 aromatic carbocycles. The summed E-state index contributed by atoms with van der Waals surface area (Å²) in [6, 6.07) is 4.36. The molecule has 7 heteroatoms. The van der Waals surface area contributed by atoms with E-state index < -0.39 is 11.8 Å². The first kappa shape index (κ1) is 18.1. The van der Waals surface area contributed by atoms with Crippen LogP contribution in [0, 0.1) is 32.7 Å². The molecular formula is C14H11ClFN2O2Y-. The largest absolute Gasteiger partial charge is 0.476 e. The maximum Gasteiger partial charge on any atom is 0.356 e. The van der Waals surface area contributed by atoms with Crippen LogP contribution >= 0.6 is 11.6 Å². The Kier molecular flexibility index (Phi) is 5.96. The average Bonchev–Trinajstić information content (AvgIpc) is 2.36. The van der Waals surface area contributed by atoms with Gasteiger partial charge in [0.1, 0.15) is 5.82 Å². The van der Waals surface area contributed by atoms with Gasteiger partial charge in [-0.05, 0) is 6.92 Å². The van der Waals surface area contributed by atoms with Crippen LogP contribution in [0.15, 0.2) is 6.07 Å². The first-order chi connectivity index (χ1) is 9.31. The zero-order chi connectivity index (χ0) is 15.0. The number of carbonyl (C=O) groups is 1. The second-order valence-electron chi connectivity index (χ2n) is 4.41. The van der Waals surface area contributed by atoms with E-state index in [0.717, 1.165) is 0 Å². The number of carboxylic acids is 1. The van der Waals surface area contributed by atoms with E-state index in [4.69, 9.17) is 16.7 Å². The van der Waals surface area contributed by atoms with Crippen molar-refractivity contribution in [2.75, 3.05) is 0 Å². The summed E-state index contributed by atoms with van der Waals surface area (Å²) in [6.07, 6.45) is 0. The van der Waals surface area contributed by atoms with Crippen molar-refractivity contribution >= 4 is 17.6 Å². The van der Waals surface area contributed by atoms with Crippen LogP contribution in [0.1, 0.15) is 27.3 Å². The average molecular weight is 383 g/mol. The van der Waals surface area contributed by atoms with Gasteiger partial charge >= 0.3 is 5.97 Å². The summed E-state index contributed by atoms with van der Waals surface area (Å²) in [5.74, 6) is -1.80. The summed E-state index contributed by atoms with van der Waals surface area (Å²) in [5, 5.41) is 9.02. The van der Waals surface area contributed by atoms with E-state index in [-0.39, 0.29) is 60.5 Å². The first-order valence-electron chi connectivity index (χ1n) is 5.78. The quantitative estimate of drug-likeness (QED) is 0.809. The van der Waals surface area contributed by atoms with Gasteiger partial charge in [-0.2, -0.15) is 17.7 Å². The number of rotatable bonds is 2. The van der Waals surface area contributed by atoms with Crippen LogP contribution in [-0.4, -0.2) is 21.0 Å². The maximum atomic E-state index is 14.1. The number of nitrogens with zero attached hydrogens (tertiary/aromatic N) is 2. The van der Waals surface area contributed by atoms with Crippen LogP contribution in [-0.2, 0) is 32.7 Å². The van der Waals surface area contributed by atoms with Crippen molar-refractivity contribution in [3.63, 3.8) is 0 Å². The minimum absolute atomic E-state index is 0. The first-order valence-corrected chi connectivity index (χ1v) is 6.16. The van der Waals surface area contributed by atoms with Crippen molar-refractivity contribution in [1.29, 1.82) is 0 Å². The summed E-state index contributed by atoms with van der Waals surface area (Å²) in [7, 11) is 0. The second kappa shape index (κ2) is 6.90. The molecule has 2 rings (SSSR count). The zero-order valence-corrected chi connectivity index (χ0v) is 15.3. The van der Waals surface area contributed by atoms with Gasteiger partial charge in [-0.1, -0.05) is 31.0 Å². The number of aromatic carboxylic acids is 1. The van der Waals surface area contributed by atoms with Gasteiger partial charge in [-0.15, -0.1) is 5.56 Å². The Morgan fingerprint density at radius 2 is 1.95 bits per heavy atom. The van der Waals surface area contributed by atoms with E-state index in [9.17, 15) is 9.18 Å². The van der Waals surface area contributed by atoms with Crippen molar-refractivity contribution in [1.82, 2.24) is 9.97 Å². The standard InChI is InChI=1S/C14H11ClFN2O2.Y/c1-6-4-7(2)11(16)9(5-6)13-17-8(3)10(15)12(18-13)14(19)20;/h5H,1-3H3,(H,19,20);/q-1;. The minimum Gasteiger partial charge on any atom is -0.476 e. The van der Waals surface area contributed by atoms with Gasteiger partial charge in [0, 0.05) is 38.5 Å².